The first-order valence-corrected chi connectivity index (χ1v) is 8.81. The van der Waals surface area contributed by atoms with Crippen LogP contribution in [0.3, 0.4) is 0 Å². The van der Waals surface area contributed by atoms with Gasteiger partial charge in [-0.1, -0.05) is 71.6 Å². The van der Waals surface area contributed by atoms with Crippen molar-refractivity contribution in [3.63, 3.8) is 0 Å². The highest BCUT2D eigenvalue weighted by molar-refractivity contribution is 5.74. The topological polar surface area (TPSA) is 46.5 Å². The number of methoxy groups -OCH3 is 1. The van der Waals surface area contributed by atoms with Gasteiger partial charge in [-0.3, -0.25) is 4.79 Å². The van der Waals surface area contributed by atoms with Gasteiger partial charge in [-0.15, -0.1) is 0 Å². The van der Waals surface area contributed by atoms with Crippen LogP contribution in [0.1, 0.15) is 84.5 Å². The summed E-state index contributed by atoms with van der Waals surface area (Å²) in [5.74, 6) is -0.541. The molecule has 0 aromatic carbocycles. The summed E-state index contributed by atoms with van der Waals surface area (Å²) in [6.45, 7) is 4.02. The Morgan fingerprint density at radius 3 is 1.62 bits per heavy atom. The number of hydrogen-bond donors (Lipinski definition) is 1. The first-order chi connectivity index (χ1) is 10.0. The highest BCUT2D eigenvalue weighted by Crippen LogP contribution is 2.36. The SMILES string of the molecule is COC(=O)C(C(C)C)C1(O)CCCCCCCCCCC1. The second-order valence-electron chi connectivity index (χ2n) is 7.03. The Bertz CT molecular complexity index is 287. The van der Waals surface area contributed by atoms with Gasteiger partial charge in [0.15, 0.2) is 0 Å². The summed E-state index contributed by atoms with van der Waals surface area (Å²) in [5, 5.41) is 11.2. The first kappa shape index (κ1) is 18.5. The molecule has 124 valence electrons. The van der Waals surface area contributed by atoms with E-state index < -0.39 is 11.5 Å². The third-order valence-electron chi connectivity index (χ3n) is 4.92. The number of esters is 1. The zero-order valence-electron chi connectivity index (χ0n) is 14.2. The first-order valence-electron chi connectivity index (χ1n) is 8.81. The second-order valence-corrected chi connectivity index (χ2v) is 7.03. The molecule has 0 aromatic rings. The van der Waals surface area contributed by atoms with Crippen LogP contribution in [0.4, 0.5) is 0 Å². The lowest BCUT2D eigenvalue weighted by molar-refractivity contribution is -0.161. The van der Waals surface area contributed by atoms with E-state index in [9.17, 15) is 9.90 Å². The highest BCUT2D eigenvalue weighted by Gasteiger charge is 2.43. The standard InChI is InChI=1S/C18H34O3/c1-15(2)16(17(19)21-3)18(20)13-11-9-7-5-4-6-8-10-12-14-18/h15-16,20H,4-14H2,1-3H3. The average Bonchev–Trinajstić information content (AvgIpc) is 2.42. The number of aliphatic hydroxyl groups is 1. The molecule has 0 amide bonds. The Balaban J connectivity index is 2.79. The second kappa shape index (κ2) is 9.45. The van der Waals surface area contributed by atoms with Crippen molar-refractivity contribution in [2.45, 2.75) is 90.1 Å². The number of hydrogen-bond acceptors (Lipinski definition) is 3. The van der Waals surface area contributed by atoms with Crippen LogP contribution in [-0.4, -0.2) is 23.8 Å². The molecule has 1 fully saturated rings. The molecular weight excluding hydrogens is 264 g/mol. The summed E-state index contributed by atoms with van der Waals surface area (Å²) >= 11 is 0. The molecule has 1 saturated carbocycles. The fraction of sp³-hybridized carbons (Fsp3) is 0.944. The average molecular weight is 298 g/mol. The van der Waals surface area contributed by atoms with Gasteiger partial charge >= 0.3 is 5.97 Å². The molecule has 0 bridgehead atoms. The molecule has 1 atom stereocenters. The molecule has 0 aliphatic heterocycles. The fourth-order valence-corrected chi connectivity index (χ4v) is 3.77. The van der Waals surface area contributed by atoms with Gasteiger partial charge in [-0.25, -0.2) is 0 Å². The molecule has 0 radical (unpaired) electrons. The van der Waals surface area contributed by atoms with Crippen LogP contribution >= 0.6 is 0 Å². The lowest BCUT2D eigenvalue weighted by atomic mass is 9.73. The smallest absolute Gasteiger partial charge is 0.311 e. The monoisotopic (exact) mass is 298 g/mol. The lowest BCUT2D eigenvalue weighted by Crippen LogP contribution is -2.46. The van der Waals surface area contributed by atoms with E-state index in [1.807, 2.05) is 13.8 Å². The van der Waals surface area contributed by atoms with Crippen molar-refractivity contribution < 1.29 is 14.6 Å². The van der Waals surface area contributed by atoms with Crippen LogP contribution in [0.15, 0.2) is 0 Å². The van der Waals surface area contributed by atoms with E-state index in [0.717, 1.165) is 38.5 Å². The molecule has 21 heavy (non-hydrogen) atoms. The molecule has 3 nitrogen and oxygen atoms in total. The Kier molecular flexibility index (Phi) is 8.31. The number of carbonyl (C=O) groups excluding carboxylic acids is 1. The zero-order valence-corrected chi connectivity index (χ0v) is 14.2. The van der Waals surface area contributed by atoms with Crippen LogP contribution in [0.5, 0.6) is 0 Å². The Labute approximate surface area is 130 Å². The van der Waals surface area contributed by atoms with Crippen molar-refractivity contribution in [1.29, 1.82) is 0 Å². The molecule has 0 saturated heterocycles. The van der Waals surface area contributed by atoms with Crippen molar-refractivity contribution in [2.75, 3.05) is 7.11 Å². The van der Waals surface area contributed by atoms with Crippen molar-refractivity contribution in [2.24, 2.45) is 11.8 Å². The summed E-state index contributed by atoms with van der Waals surface area (Å²) < 4.78 is 4.97. The maximum atomic E-state index is 12.2. The Morgan fingerprint density at radius 2 is 1.29 bits per heavy atom. The van der Waals surface area contributed by atoms with Gasteiger partial charge in [0.05, 0.1) is 18.6 Å². The predicted molar refractivity (Wildman–Crippen MR) is 86.1 cm³/mol. The summed E-state index contributed by atoms with van der Waals surface area (Å²) in [4.78, 5) is 12.2. The van der Waals surface area contributed by atoms with Gasteiger partial charge < -0.3 is 9.84 Å². The van der Waals surface area contributed by atoms with Crippen LogP contribution in [0.25, 0.3) is 0 Å². The van der Waals surface area contributed by atoms with Crippen molar-refractivity contribution >= 4 is 5.97 Å². The van der Waals surface area contributed by atoms with Crippen LogP contribution in [0, 0.1) is 11.8 Å². The molecule has 1 unspecified atom stereocenters. The number of carbonyl (C=O) groups is 1. The van der Waals surface area contributed by atoms with Crippen LogP contribution in [0.2, 0.25) is 0 Å². The van der Waals surface area contributed by atoms with Crippen molar-refractivity contribution in [3.05, 3.63) is 0 Å². The van der Waals surface area contributed by atoms with Crippen LogP contribution in [-0.2, 0) is 9.53 Å². The third-order valence-corrected chi connectivity index (χ3v) is 4.92. The van der Waals surface area contributed by atoms with E-state index in [2.05, 4.69) is 0 Å². The molecular formula is C18H34O3. The predicted octanol–water partition coefficient (Wildman–Crippen LogP) is 4.47. The van der Waals surface area contributed by atoms with E-state index in [-0.39, 0.29) is 11.9 Å². The number of ether oxygens (including phenoxy) is 1. The highest BCUT2D eigenvalue weighted by atomic mass is 16.5. The van der Waals surface area contributed by atoms with Gasteiger partial charge in [0.2, 0.25) is 0 Å². The van der Waals surface area contributed by atoms with Crippen molar-refractivity contribution in [1.82, 2.24) is 0 Å². The van der Waals surface area contributed by atoms with E-state index in [1.54, 1.807) is 0 Å². The minimum atomic E-state index is -0.888. The normalized spacial score (nSPS) is 22.9. The van der Waals surface area contributed by atoms with Gasteiger partial charge in [-0.05, 0) is 18.8 Å². The Morgan fingerprint density at radius 1 is 0.905 bits per heavy atom. The summed E-state index contributed by atoms with van der Waals surface area (Å²) in [5.41, 5.74) is -0.888. The van der Waals surface area contributed by atoms with Gasteiger partial charge in [0.1, 0.15) is 0 Å². The maximum absolute atomic E-state index is 12.2. The molecule has 0 heterocycles. The minimum Gasteiger partial charge on any atom is -0.469 e. The van der Waals surface area contributed by atoms with E-state index >= 15 is 0 Å². The van der Waals surface area contributed by atoms with Gasteiger partial charge in [0.25, 0.3) is 0 Å². The van der Waals surface area contributed by atoms with Gasteiger partial charge in [-0.2, -0.15) is 0 Å². The van der Waals surface area contributed by atoms with Crippen molar-refractivity contribution in [3.8, 4) is 0 Å². The largest absolute Gasteiger partial charge is 0.469 e. The summed E-state index contributed by atoms with van der Waals surface area (Å²) in [6.07, 6.45) is 12.3. The fourth-order valence-electron chi connectivity index (χ4n) is 3.77. The molecule has 0 spiro atoms. The summed E-state index contributed by atoms with van der Waals surface area (Å²) in [6, 6.07) is 0. The molecule has 3 heteroatoms. The third kappa shape index (κ3) is 5.98. The molecule has 1 rings (SSSR count). The summed E-state index contributed by atoms with van der Waals surface area (Å²) in [7, 11) is 1.43. The van der Waals surface area contributed by atoms with Crippen LogP contribution < -0.4 is 0 Å². The molecule has 1 aliphatic rings. The Hall–Kier alpha value is -0.570. The molecule has 1 aliphatic carbocycles. The zero-order chi connectivity index (χ0) is 15.7. The van der Waals surface area contributed by atoms with E-state index in [1.165, 1.54) is 39.2 Å². The van der Waals surface area contributed by atoms with E-state index in [4.69, 9.17) is 4.74 Å². The quantitative estimate of drug-likeness (QED) is 0.782. The lowest BCUT2D eigenvalue weighted by Gasteiger charge is -2.37. The molecule has 0 aromatic heterocycles. The number of rotatable bonds is 3. The van der Waals surface area contributed by atoms with Gasteiger partial charge in [0, 0.05) is 0 Å². The maximum Gasteiger partial charge on any atom is 0.311 e. The minimum absolute atomic E-state index is 0.107. The van der Waals surface area contributed by atoms with E-state index in [0.29, 0.717) is 0 Å². The molecule has 1 N–H and O–H groups in total.